The third-order valence-corrected chi connectivity index (χ3v) is 8.26. The minimum Gasteiger partial charge on any atom is -1.00 e. The van der Waals surface area contributed by atoms with Crippen molar-refractivity contribution in [3.05, 3.63) is 173 Å². The van der Waals surface area contributed by atoms with Crippen molar-refractivity contribution in [3.8, 4) is 0 Å². The molecule has 4 unspecified atom stereocenters. The second-order valence-electron chi connectivity index (χ2n) is 11.1. The van der Waals surface area contributed by atoms with Crippen LogP contribution in [-0.2, 0) is 37.6 Å². The Morgan fingerprint density at radius 1 is 0.457 bits per heavy atom. The zero-order valence-corrected chi connectivity index (χ0v) is 28.5. The monoisotopic (exact) mass is 710 g/mol. The molecule has 4 aromatic carbocycles. The molecular formula is C37H31Cl3FeN3O2. The van der Waals surface area contributed by atoms with Crippen LogP contribution in [0.4, 0.5) is 0 Å². The van der Waals surface area contributed by atoms with Gasteiger partial charge in [-0.3, -0.25) is 0 Å². The van der Waals surface area contributed by atoms with Crippen molar-refractivity contribution in [1.82, 2.24) is 4.98 Å². The van der Waals surface area contributed by atoms with Gasteiger partial charge in [-0.1, -0.05) is 127 Å². The number of pyridine rings is 1. The van der Waals surface area contributed by atoms with Crippen LogP contribution in [0, 0.1) is 0 Å². The van der Waals surface area contributed by atoms with Gasteiger partial charge in [0, 0.05) is 0 Å². The molecule has 0 N–H and O–H groups in total. The topological polar surface area (TPSA) is 56.1 Å². The number of aliphatic imine (C=N–C) groups is 2. The molecule has 0 spiro atoms. The van der Waals surface area contributed by atoms with Gasteiger partial charge < -0.3 is 46.7 Å². The number of hydrogen-bond donors (Lipinski definition) is 0. The van der Waals surface area contributed by atoms with Gasteiger partial charge in [0.05, 0.1) is 0 Å². The van der Waals surface area contributed by atoms with Crippen LogP contribution in [0.5, 0.6) is 0 Å². The van der Waals surface area contributed by atoms with Crippen molar-refractivity contribution in [3.63, 3.8) is 0 Å². The maximum Gasteiger partial charge on any atom is 3.00 e. The van der Waals surface area contributed by atoms with E-state index in [1.807, 2.05) is 91.0 Å². The molecular weight excluding hydrogens is 681 g/mol. The second-order valence-corrected chi connectivity index (χ2v) is 11.1. The van der Waals surface area contributed by atoms with Gasteiger partial charge in [-0.15, -0.1) is 0 Å². The Morgan fingerprint density at radius 3 is 1.13 bits per heavy atom. The number of benzene rings is 4. The fourth-order valence-corrected chi connectivity index (χ4v) is 5.98. The van der Waals surface area contributed by atoms with Crippen LogP contribution in [0.25, 0.3) is 0 Å². The van der Waals surface area contributed by atoms with Crippen molar-refractivity contribution >= 4 is 11.8 Å². The summed E-state index contributed by atoms with van der Waals surface area (Å²) in [6, 6.07) is 46.9. The fraction of sp³-hybridized carbons (Fsp3) is 0.162. The molecule has 235 valence electrons. The van der Waals surface area contributed by atoms with E-state index in [-0.39, 0.29) is 66.5 Å². The van der Waals surface area contributed by atoms with Gasteiger partial charge in [0.25, 0.3) is 0 Å². The van der Waals surface area contributed by atoms with Crippen molar-refractivity contribution in [1.29, 1.82) is 0 Å². The average molecular weight is 712 g/mol. The van der Waals surface area contributed by atoms with Crippen LogP contribution < -0.4 is 37.2 Å². The first kappa shape index (κ1) is 36.8. The van der Waals surface area contributed by atoms with Crippen LogP contribution in [0.15, 0.2) is 150 Å². The first-order valence-corrected chi connectivity index (χ1v) is 14.3. The van der Waals surface area contributed by atoms with Crippen LogP contribution in [0.3, 0.4) is 0 Å². The molecule has 9 heteroatoms. The van der Waals surface area contributed by atoms with E-state index in [4.69, 9.17) is 24.4 Å². The number of ether oxygens (including phenoxy) is 2. The van der Waals surface area contributed by atoms with Gasteiger partial charge in [0.15, 0.2) is 12.2 Å². The summed E-state index contributed by atoms with van der Waals surface area (Å²) in [6.07, 6.45) is -0.601. The minimum atomic E-state index is -0.624. The van der Waals surface area contributed by atoms with E-state index in [0.29, 0.717) is 23.2 Å². The van der Waals surface area contributed by atoms with Crippen LogP contribution in [0.2, 0.25) is 0 Å². The summed E-state index contributed by atoms with van der Waals surface area (Å²) in [7, 11) is 0. The van der Waals surface area contributed by atoms with Crippen LogP contribution in [0.1, 0.15) is 59.7 Å². The number of aromatic nitrogens is 1. The Balaban J connectivity index is 0.00000144. The summed E-state index contributed by atoms with van der Waals surface area (Å²) >= 11 is 0. The molecule has 2 aliphatic rings. The first-order valence-electron chi connectivity index (χ1n) is 14.3. The molecule has 3 heterocycles. The Kier molecular flexibility index (Phi) is 12.2. The number of rotatable bonds is 6. The van der Waals surface area contributed by atoms with Gasteiger partial charge in [0.2, 0.25) is 11.8 Å². The normalized spacial score (nSPS) is 22.7. The van der Waals surface area contributed by atoms with Crippen LogP contribution >= 0.6 is 0 Å². The van der Waals surface area contributed by atoms with E-state index in [2.05, 4.69) is 62.4 Å². The number of hydrogen-bond acceptors (Lipinski definition) is 5. The van der Waals surface area contributed by atoms with Gasteiger partial charge >= 0.3 is 17.1 Å². The summed E-state index contributed by atoms with van der Waals surface area (Å²) in [6.45, 7) is 4.24. The zero-order valence-electron chi connectivity index (χ0n) is 25.1. The third-order valence-electron chi connectivity index (χ3n) is 8.26. The summed E-state index contributed by atoms with van der Waals surface area (Å²) in [5.41, 5.74) is 4.32. The molecule has 46 heavy (non-hydrogen) atoms. The molecule has 5 aromatic rings. The molecule has 0 saturated heterocycles. The van der Waals surface area contributed by atoms with Gasteiger partial charge in [-0.2, -0.15) is 0 Å². The van der Waals surface area contributed by atoms with Crippen molar-refractivity contribution in [2.24, 2.45) is 9.98 Å². The SMILES string of the molecule is CC1(c2ccccc2)N=C(c2cccc(C3=NC(C)(c4ccccc4)C(c4ccccc4)O3)n2)OC1c1ccccc1.[Cl-].[Cl-].[Cl-].[Fe+3]. The van der Waals surface area contributed by atoms with Gasteiger partial charge in [0.1, 0.15) is 22.5 Å². The largest absolute Gasteiger partial charge is 3.00 e. The van der Waals surface area contributed by atoms with E-state index in [9.17, 15) is 0 Å². The quantitative estimate of drug-likeness (QED) is 0.212. The molecule has 4 atom stereocenters. The molecule has 0 fully saturated rings. The first-order chi connectivity index (χ1) is 20.5. The standard InChI is InChI=1S/C37H31N3O2.3ClH.Fe/c1-36(28-20-11-5-12-21-28)32(26-16-7-3-8-17-26)41-34(39-36)30-24-15-25-31(38-30)35-40-37(2,29-22-13-6-14-23-29)33(42-35)27-18-9-4-10-19-27;;;;/h3-25,32-33H,1-2H3;3*1H;/q;;;;+3/p-3. The van der Waals surface area contributed by atoms with E-state index in [0.717, 1.165) is 22.3 Å². The Hall–Kier alpha value is -3.64. The van der Waals surface area contributed by atoms with E-state index < -0.39 is 11.1 Å². The Morgan fingerprint density at radius 2 is 0.783 bits per heavy atom. The van der Waals surface area contributed by atoms with E-state index in [1.54, 1.807) is 0 Å². The predicted octanol–water partition coefficient (Wildman–Crippen LogP) is -1.04. The maximum atomic E-state index is 6.63. The number of halogens is 3. The van der Waals surface area contributed by atoms with Crippen LogP contribution in [-0.4, -0.2) is 16.8 Å². The molecule has 0 aliphatic carbocycles. The Labute approximate surface area is 299 Å². The molecule has 1 radical (unpaired) electrons. The van der Waals surface area contributed by atoms with Gasteiger partial charge in [-0.25, -0.2) is 15.0 Å². The predicted molar refractivity (Wildman–Crippen MR) is 165 cm³/mol. The van der Waals surface area contributed by atoms with E-state index >= 15 is 0 Å². The van der Waals surface area contributed by atoms with Crippen molar-refractivity contribution < 1.29 is 63.8 Å². The Bertz CT molecular complexity index is 1650. The maximum absolute atomic E-state index is 6.63. The molecule has 0 saturated carbocycles. The summed E-state index contributed by atoms with van der Waals surface area (Å²) in [4.78, 5) is 15.4. The molecule has 7 rings (SSSR count). The minimum absolute atomic E-state index is 0. The summed E-state index contributed by atoms with van der Waals surface area (Å²) in [5.74, 6) is 1.00. The third kappa shape index (κ3) is 6.73. The molecule has 5 nitrogen and oxygen atoms in total. The van der Waals surface area contributed by atoms with Gasteiger partial charge in [-0.05, 0) is 48.2 Å². The number of nitrogens with zero attached hydrogens (tertiary/aromatic N) is 3. The molecule has 0 amide bonds. The molecule has 1 aromatic heterocycles. The van der Waals surface area contributed by atoms with Crippen molar-refractivity contribution in [2.75, 3.05) is 0 Å². The average Bonchev–Trinajstić information content (AvgIpc) is 3.62. The smallest absolute Gasteiger partial charge is 1.00 e. The summed E-state index contributed by atoms with van der Waals surface area (Å²) in [5, 5.41) is 0. The second kappa shape index (κ2) is 15.3. The zero-order chi connectivity index (χ0) is 28.6. The fourth-order valence-electron chi connectivity index (χ4n) is 5.98. The molecule has 0 bridgehead atoms. The molecule has 2 aliphatic heterocycles. The summed E-state index contributed by atoms with van der Waals surface area (Å²) < 4.78 is 13.3. The van der Waals surface area contributed by atoms with Crippen molar-refractivity contribution in [2.45, 2.75) is 37.1 Å². The van der Waals surface area contributed by atoms with E-state index in [1.165, 1.54) is 0 Å².